The van der Waals surface area contributed by atoms with E-state index in [1.807, 2.05) is 0 Å². The van der Waals surface area contributed by atoms with E-state index in [9.17, 15) is 39.5 Å². The Morgan fingerprint density at radius 1 is 0.824 bits per heavy atom. The SMILES string of the molecule is FC(F)(F)[C-]1OC(F)(F)C(F)(C(F)(F)F)O1.[K+]. The minimum atomic E-state index is -6.39. The zero-order valence-electron chi connectivity index (χ0n) is 7.72. The number of alkyl halides is 9. The molecule has 0 aromatic rings. The molecule has 1 rings (SSSR count). The molecule has 1 heterocycles. The molecule has 1 atom stereocenters. The third kappa shape index (κ3) is 3.09. The summed E-state index contributed by atoms with van der Waals surface area (Å²) in [5.41, 5.74) is 0. The fourth-order valence-corrected chi connectivity index (χ4v) is 0.729. The number of hydrogen-bond donors (Lipinski definition) is 0. The van der Waals surface area contributed by atoms with Gasteiger partial charge in [-0.25, -0.2) is 13.2 Å². The van der Waals surface area contributed by atoms with Gasteiger partial charge in [0.05, 0.1) is 0 Å². The Balaban J connectivity index is 0.00000256. The van der Waals surface area contributed by atoms with Gasteiger partial charge in [-0.2, -0.15) is 26.3 Å². The zero-order chi connectivity index (χ0) is 13.0. The van der Waals surface area contributed by atoms with Crippen LogP contribution in [0.15, 0.2) is 0 Å². The third-order valence-electron chi connectivity index (χ3n) is 1.42. The molecule has 0 N–H and O–H groups in total. The van der Waals surface area contributed by atoms with Crippen molar-refractivity contribution in [1.82, 2.24) is 0 Å². The maximum absolute atomic E-state index is 12.6. The van der Waals surface area contributed by atoms with Gasteiger partial charge in [0.2, 0.25) is 0 Å². The first-order valence-electron chi connectivity index (χ1n) is 3.27. The van der Waals surface area contributed by atoms with Crippen molar-refractivity contribution in [2.45, 2.75) is 24.3 Å². The van der Waals surface area contributed by atoms with Crippen molar-refractivity contribution in [3.05, 3.63) is 6.29 Å². The van der Waals surface area contributed by atoms with Gasteiger partial charge in [0, 0.05) is 6.29 Å². The van der Waals surface area contributed by atoms with Gasteiger partial charge in [-0.1, -0.05) is 0 Å². The van der Waals surface area contributed by atoms with Gasteiger partial charge in [0.1, 0.15) is 0 Å². The predicted octanol–water partition coefficient (Wildman–Crippen LogP) is -0.0901. The molecule has 17 heavy (non-hydrogen) atoms. The van der Waals surface area contributed by atoms with Crippen LogP contribution in [0.25, 0.3) is 0 Å². The molecule has 96 valence electrons. The molecule has 1 aliphatic rings. The van der Waals surface area contributed by atoms with E-state index < -0.39 is 30.6 Å². The molecule has 2 nitrogen and oxygen atoms in total. The van der Waals surface area contributed by atoms with E-state index in [1.165, 1.54) is 0 Å². The standard InChI is InChI=1S/C5F9O2.K/c6-2(7,8)1-15-3(9,4(10,11)12)5(13,14)16-1;/q-1;+1. The Bertz CT molecular complexity index is 286. The molecular formula is C5F9KO2. The molecule has 0 bridgehead atoms. The Morgan fingerprint density at radius 3 is 1.41 bits per heavy atom. The Morgan fingerprint density at radius 2 is 1.24 bits per heavy atom. The molecule has 0 aliphatic carbocycles. The summed E-state index contributed by atoms with van der Waals surface area (Å²) in [5.74, 6) is -5.86. The van der Waals surface area contributed by atoms with Crippen molar-refractivity contribution < 1.29 is 100 Å². The van der Waals surface area contributed by atoms with E-state index >= 15 is 0 Å². The van der Waals surface area contributed by atoms with Crippen LogP contribution in [-0.4, -0.2) is 24.3 Å². The second-order valence-electron chi connectivity index (χ2n) is 2.60. The predicted molar refractivity (Wildman–Crippen MR) is 26.3 cm³/mol. The average molecular weight is 302 g/mol. The van der Waals surface area contributed by atoms with Gasteiger partial charge in [-0.05, 0) is 0 Å². The first-order chi connectivity index (χ1) is 6.81. The zero-order valence-corrected chi connectivity index (χ0v) is 10.8. The molecular weight excluding hydrogens is 302 g/mol. The molecule has 12 heteroatoms. The van der Waals surface area contributed by atoms with Gasteiger partial charge >= 0.3 is 75.7 Å². The van der Waals surface area contributed by atoms with E-state index in [0.717, 1.165) is 0 Å². The number of halogens is 9. The summed E-state index contributed by atoms with van der Waals surface area (Å²) in [6.07, 6.45) is -21.1. The summed E-state index contributed by atoms with van der Waals surface area (Å²) >= 11 is 0. The first-order valence-corrected chi connectivity index (χ1v) is 3.27. The average Bonchev–Trinajstić information content (AvgIpc) is 2.21. The maximum Gasteiger partial charge on any atom is 1.00 e. The number of ether oxygens (including phenoxy) is 2. The Kier molecular flexibility index (Phi) is 5.06. The van der Waals surface area contributed by atoms with Gasteiger partial charge < -0.3 is 9.47 Å². The third-order valence-corrected chi connectivity index (χ3v) is 1.42. The van der Waals surface area contributed by atoms with E-state index in [-0.39, 0.29) is 51.4 Å². The van der Waals surface area contributed by atoms with Crippen molar-refractivity contribution >= 4 is 0 Å². The fraction of sp³-hybridized carbons (Fsp3) is 0.800. The van der Waals surface area contributed by atoms with Crippen LogP contribution in [0.1, 0.15) is 0 Å². The van der Waals surface area contributed by atoms with E-state index in [4.69, 9.17) is 0 Å². The van der Waals surface area contributed by atoms with Crippen LogP contribution in [0, 0.1) is 6.29 Å². The van der Waals surface area contributed by atoms with Gasteiger partial charge in [-0.3, -0.25) is 0 Å². The minimum Gasteiger partial charge on any atom is -0.471 e. The van der Waals surface area contributed by atoms with Crippen molar-refractivity contribution in [3.63, 3.8) is 0 Å². The van der Waals surface area contributed by atoms with Crippen LogP contribution in [-0.2, 0) is 9.47 Å². The monoisotopic (exact) mass is 302 g/mol. The molecule has 1 saturated heterocycles. The normalized spacial score (nSPS) is 30.2. The van der Waals surface area contributed by atoms with Gasteiger partial charge in [0.15, 0.2) is 0 Å². The fourth-order valence-electron chi connectivity index (χ4n) is 0.729. The quantitative estimate of drug-likeness (QED) is 0.354. The topological polar surface area (TPSA) is 18.5 Å². The van der Waals surface area contributed by atoms with E-state index in [1.54, 1.807) is 0 Å². The van der Waals surface area contributed by atoms with Crippen LogP contribution >= 0.6 is 0 Å². The molecule has 0 aromatic carbocycles. The summed E-state index contributed by atoms with van der Waals surface area (Å²) < 4.78 is 113. The number of rotatable bonds is 0. The summed E-state index contributed by atoms with van der Waals surface area (Å²) in [5, 5.41) is 0. The van der Waals surface area contributed by atoms with Crippen LogP contribution in [0.4, 0.5) is 39.5 Å². The molecule has 1 unspecified atom stereocenters. The van der Waals surface area contributed by atoms with Crippen LogP contribution in [0.5, 0.6) is 0 Å². The molecule has 0 aromatic heterocycles. The molecule has 0 amide bonds. The van der Waals surface area contributed by atoms with Gasteiger partial charge in [-0.15, -0.1) is 0 Å². The maximum atomic E-state index is 12.6. The Hall–Kier alpha value is 0.926. The van der Waals surface area contributed by atoms with Crippen molar-refractivity contribution in [3.8, 4) is 0 Å². The second-order valence-corrected chi connectivity index (χ2v) is 2.60. The molecule has 0 radical (unpaired) electrons. The van der Waals surface area contributed by atoms with Gasteiger partial charge in [0.25, 0.3) is 0 Å². The van der Waals surface area contributed by atoms with Crippen LogP contribution in [0.2, 0.25) is 0 Å². The summed E-state index contributed by atoms with van der Waals surface area (Å²) in [6.45, 7) is 0. The van der Waals surface area contributed by atoms with Crippen LogP contribution < -0.4 is 51.4 Å². The summed E-state index contributed by atoms with van der Waals surface area (Å²) in [4.78, 5) is 0. The van der Waals surface area contributed by atoms with Crippen molar-refractivity contribution in [1.29, 1.82) is 0 Å². The Labute approximate surface area is 130 Å². The minimum absolute atomic E-state index is 0. The summed E-state index contributed by atoms with van der Waals surface area (Å²) in [6, 6.07) is 0. The van der Waals surface area contributed by atoms with E-state index in [0.29, 0.717) is 0 Å². The van der Waals surface area contributed by atoms with Crippen molar-refractivity contribution in [2.24, 2.45) is 0 Å². The van der Waals surface area contributed by atoms with Crippen LogP contribution in [0.3, 0.4) is 0 Å². The van der Waals surface area contributed by atoms with E-state index in [2.05, 4.69) is 9.47 Å². The molecule has 0 saturated carbocycles. The largest absolute Gasteiger partial charge is 1.00 e. The second kappa shape index (κ2) is 4.79. The van der Waals surface area contributed by atoms with Crippen molar-refractivity contribution in [2.75, 3.05) is 0 Å². The molecule has 1 fully saturated rings. The first kappa shape index (κ1) is 17.9. The number of hydrogen-bond acceptors (Lipinski definition) is 2. The summed E-state index contributed by atoms with van der Waals surface area (Å²) in [7, 11) is 0. The molecule has 1 aliphatic heterocycles. The smallest absolute Gasteiger partial charge is 0.471 e. The molecule has 0 spiro atoms.